The number of aromatic nitrogens is 2. The number of imidazole rings is 1. The number of rotatable bonds is 1. The van der Waals surface area contributed by atoms with E-state index in [-0.39, 0.29) is 0 Å². The summed E-state index contributed by atoms with van der Waals surface area (Å²) >= 11 is 0. The van der Waals surface area contributed by atoms with Gasteiger partial charge in [-0.3, -0.25) is 0 Å². The largest absolute Gasteiger partial charge is 0.416 e. The summed E-state index contributed by atoms with van der Waals surface area (Å²) in [6, 6.07) is 5.36. The zero-order chi connectivity index (χ0) is 14.3. The van der Waals surface area contributed by atoms with Crippen molar-refractivity contribution >= 4 is 0 Å². The molecule has 0 aliphatic carbocycles. The van der Waals surface area contributed by atoms with Crippen LogP contribution in [0.25, 0.3) is 11.3 Å². The van der Waals surface area contributed by atoms with Crippen molar-refractivity contribution in [3.63, 3.8) is 0 Å². The highest BCUT2D eigenvalue weighted by Crippen LogP contribution is 2.33. The molecular formula is C15H15F3N2. The van der Waals surface area contributed by atoms with Crippen molar-refractivity contribution < 1.29 is 13.2 Å². The summed E-state index contributed by atoms with van der Waals surface area (Å²) in [5.41, 5.74) is 0.516. The van der Waals surface area contributed by atoms with Crippen LogP contribution >= 0.6 is 0 Å². The van der Waals surface area contributed by atoms with Gasteiger partial charge in [-0.2, -0.15) is 13.2 Å². The predicted octanol–water partition coefficient (Wildman–Crippen LogP) is 4.47. The van der Waals surface area contributed by atoms with Gasteiger partial charge in [0.15, 0.2) is 0 Å². The summed E-state index contributed by atoms with van der Waals surface area (Å²) in [6.07, 6.45) is -0.283. The number of hydrogen-bond donors (Lipinski definition) is 0. The van der Waals surface area contributed by atoms with E-state index in [0.29, 0.717) is 17.2 Å². The molecule has 106 valence electrons. The van der Waals surface area contributed by atoms with E-state index in [9.17, 15) is 13.2 Å². The summed E-state index contributed by atoms with van der Waals surface area (Å²) in [5, 5.41) is 0. The van der Waals surface area contributed by atoms with Crippen LogP contribution in [0.2, 0.25) is 0 Å². The molecule has 1 aliphatic rings. The monoisotopic (exact) mass is 280 g/mol. The lowest BCUT2D eigenvalue weighted by molar-refractivity contribution is -0.137. The first-order valence-corrected chi connectivity index (χ1v) is 6.70. The number of hydrogen-bond acceptors (Lipinski definition) is 1. The molecular weight excluding hydrogens is 265 g/mol. The first kappa shape index (κ1) is 13.2. The van der Waals surface area contributed by atoms with Gasteiger partial charge in [-0.1, -0.05) is 19.1 Å². The van der Waals surface area contributed by atoms with Crippen molar-refractivity contribution in [1.29, 1.82) is 0 Å². The van der Waals surface area contributed by atoms with Crippen LogP contribution in [0.1, 0.15) is 37.1 Å². The van der Waals surface area contributed by atoms with Crippen LogP contribution in [-0.4, -0.2) is 9.55 Å². The molecule has 0 amide bonds. The highest BCUT2D eigenvalue weighted by atomic mass is 19.4. The number of aryl methyl sites for hydroxylation is 1. The van der Waals surface area contributed by atoms with Crippen LogP contribution in [0, 0.1) is 0 Å². The summed E-state index contributed by atoms with van der Waals surface area (Å²) in [7, 11) is 0. The third kappa shape index (κ3) is 2.32. The van der Waals surface area contributed by atoms with E-state index >= 15 is 0 Å². The molecule has 0 fully saturated rings. The first-order valence-electron chi connectivity index (χ1n) is 6.70. The Bertz CT molecular complexity index is 628. The molecule has 3 rings (SSSR count). The van der Waals surface area contributed by atoms with Crippen LogP contribution in [0.3, 0.4) is 0 Å². The molecule has 5 heteroatoms. The van der Waals surface area contributed by atoms with Crippen LogP contribution in [0.5, 0.6) is 0 Å². The fourth-order valence-corrected chi connectivity index (χ4v) is 2.69. The van der Waals surface area contributed by atoms with Crippen molar-refractivity contribution in [3.05, 3.63) is 41.9 Å². The number of alkyl halides is 3. The van der Waals surface area contributed by atoms with Gasteiger partial charge in [-0.25, -0.2) is 4.98 Å². The molecule has 0 bridgehead atoms. The lowest BCUT2D eigenvalue weighted by atomic mass is 10.0. The third-order valence-electron chi connectivity index (χ3n) is 3.77. The van der Waals surface area contributed by atoms with Gasteiger partial charge in [0.05, 0.1) is 11.3 Å². The van der Waals surface area contributed by atoms with Gasteiger partial charge in [0.25, 0.3) is 0 Å². The van der Waals surface area contributed by atoms with Crippen molar-refractivity contribution in [2.75, 3.05) is 0 Å². The maximum absolute atomic E-state index is 12.7. The van der Waals surface area contributed by atoms with Crippen molar-refractivity contribution in [2.24, 2.45) is 0 Å². The van der Waals surface area contributed by atoms with Gasteiger partial charge in [0.1, 0.15) is 5.82 Å². The molecule has 2 aromatic rings. The van der Waals surface area contributed by atoms with Crippen molar-refractivity contribution in [2.45, 2.75) is 38.4 Å². The lowest BCUT2D eigenvalue weighted by Gasteiger charge is -2.19. The average molecular weight is 280 g/mol. The molecule has 2 heterocycles. The van der Waals surface area contributed by atoms with Crippen molar-refractivity contribution in [1.82, 2.24) is 9.55 Å². The maximum Gasteiger partial charge on any atom is 0.416 e. The summed E-state index contributed by atoms with van der Waals surface area (Å²) in [6.45, 7) is 3.00. The van der Waals surface area contributed by atoms with Crippen LogP contribution < -0.4 is 0 Å². The van der Waals surface area contributed by atoms with Gasteiger partial charge in [-0.05, 0) is 25.0 Å². The van der Waals surface area contributed by atoms with Gasteiger partial charge >= 0.3 is 6.18 Å². The molecule has 1 atom stereocenters. The second-order valence-electron chi connectivity index (χ2n) is 5.30. The van der Waals surface area contributed by atoms with Gasteiger partial charge in [0, 0.05) is 24.2 Å². The van der Waals surface area contributed by atoms with E-state index in [2.05, 4.69) is 16.5 Å². The zero-order valence-corrected chi connectivity index (χ0v) is 11.1. The van der Waals surface area contributed by atoms with E-state index in [4.69, 9.17) is 0 Å². The highest BCUT2D eigenvalue weighted by Gasteiger charge is 2.30. The molecule has 0 saturated carbocycles. The Morgan fingerprint density at radius 2 is 2.10 bits per heavy atom. The molecule has 0 spiro atoms. The second kappa shape index (κ2) is 4.65. The molecule has 0 saturated heterocycles. The summed E-state index contributed by atoms with van der Waals surface area (Å²) in [4.78, 5) is 4.52. The van der Waals surface area contributed by atoms with Gasteiger partial charge < -0.3 is 4.57 Å². The maximum atomic E-state index is 12.7. The Hall–Kier alpha value is -1.78. The quantitative estimate of drug-likeness (QED) is 0.753. The van der Waals surface area contributed by atoms with Crippen LogP contribution in [-0.2, 0) is 12.7 Å². The topological polar surface area (TPSA) is 17.8 Å². The Balaban J connectivity index is 2.02. The first-order chi connectivity index (χ1) is 9.45. The molecule has 1 aromatic heterocycles. The van der Waals surface area contributed by atoms with E-state index in [1.165, 1.54) is 12.1 Å². The normalized spacial score (nSPS) is 18.9. The molecule has 20 heavy (non-hydrogen) atoms. The summed E-state index contributed by atoms with van der Waals surface area (Å²) in [5.74, 6) is 1.34. The van der Waals surface area contributed by atoms with Gasteiger partial charge in [-0.15, -0.1) is 0 Å². The summed E-state index contributed by atoms with van der Waals surface area (Å²) < 4.78 is 40.3. The van der Waals surface area contributed by atoms with Gasteiger partial charge in [0.2, 0.25) is 0 Å². The van der Waals surface area contributed by atoms with E-state index in [0.717, 1.165) is 31.3 Å². The fraction of sp³-hybridized carbons (Fsp3) is 0.400. The average Bonchev–Trinajstić information content (AvgIpc) is 2.83. The Kier molecular flexibility index (Phi) is 3.07. The van der Waals surface area contributed by atoms with Crippen LogP contribution in [0.15, 0.2) is 30.5 Å². The van der Waals surface area contributed by atoms with E-state index in [1.807, 2.05) is 6.20 Å². The minimum atomic E-state index is -4.32. The third-order valence-corrected chi connectivity index (χ3v) is 3.77. The van der Waals surface area contributed by atoms with E-state index < -0.39 is 11.7 Å². The zero-order valence-electron chi connectivity index (χ0n) is 11.1. The Labute approximate surface area is 115 Å². The van der Waals surface area contributed by atoms with Crippen molar-refractivity contribution in [3.8, 4) is 11.3 Å². The molecule has 1 aromatic carbocycles. The lowest BCUT2D eigenvalue weighted by Crippen LogP contribution is -2.12. The highest BCUT2D eigenvalue weighted by molar-refractivity contribution is 5.60. The Morgan fingerprint density at radius 3 is 2.80 bits per heavy atom. The molecule has 1 aliphatic heterocycles. The smallest absolute Gasteiger partial charge is 0.334 e. The minimum Gasteiger partial charge on any atom is -0.334 e. The Morgan fingerprint density at radius 1 is 1.30 bits per heavy atom. The fourth-order valence-electron chi connectivity index (χ4n) is 2.69. The number of benzene rings is 1. The number of fused-ring (bicyclic) bond motifs is 1. The second-order valence-corrected chi connectivity index (χ2v) is 5.30. The predicted molar refractivity (Wildman–Crippen MR) is 70.3 cm³/mol. The molecule has 0 radical (unpaired) electrons. The molecule has 0 N–H and O–H groups in total. The standard InChI is InChI=1S/C15H15F3N2/c1-10-4-3-7-20-9-13(19-14(10)20)11-5-2-6-12(8-11)15(16,17)18/h2,5-6,8-10H,3-4,7H2,1H3. The molecule has 1 unspecified atom stereocenters. The number of nitrogens with zero attached hydrogens (tertiary/aromatic N) is 2. The number of halogens is 3. The van der Waals surface area contributed by atoms with Crippen LogP contribution in [0.4, 0.5) is 13.2 Å². The molecule has 2 nitrogen and oxygen atoms in total. The van der Waals surface area contributed by atoms with E-state index in [1.54, 1.807) is 6.07 Å². The minimum absolute atomic E-state index is 0.364. The SMILES string of the molecule is CC1CCCn2cc(-c3cccc(C(F)(F)F)c3)nc21.